The minimum atomic E-state index is -0.561. The Morgan fingerprint density at radius 2 is 2.05 bits per heavy atom. The lowest BCUT2D eigenvalue weighted by atomic mass is 10.0. The molecule has 2 aliphatic rings. The fraction of sp³-hybridized carbons (Fsp3) is 0.500. The highest BCUT2D eigenvalue weighted by molar-refractivity contribution is 6.08. The molecule has 4 nitrogen and oxygen atoms in total. The standard InChI is InChI=1S/C16H19FN2O2/c1-3-13-15(20)18-14(10-5-6-10)16(21)19(13)11-7-4-9(2)12(17)8-11/h4,7-8,10,13-14H,3,5-6H2,1-2H3,(H,18,20). The van der Waals surface area contributed by atoms with Crippen molar-refractivity contribution in [2.45, 2.75) is 45.2 Å². The number of carbonyl (C=O) groups excluding carboxylic acids is 2. The second-order valence-corrected chi connectivity index (χ2v) is 5.89. The second-order valence-electron chi connectivity index (χ2n) is 5.89. The number of nitrogens with zero attached hydrogens (tertiary/aromatic N) is 1. The lowest BCUT2D eigenvalue weighted by molar-refractivity contribution is -0.134. The highest BCUT2D eigenvalue weighted by Crippen LogP contribution is 2.36. The normalized spacial score (nSPS) is 26.0. The molecule has 112 valence electrons. The van der Waals surface area contributed by atoms with Gasteiger partial charge in [0.15, 0.2) is 0 Å². The molecule has 1 N–H and O–H groups in total. The Hall–Kier alpha value is -1.91. The van der Waals surface area contributed by atoms with Gasteiger partial charge in [0, 0.05) is 5.69 Å². The van der Waals surface area contributed by atoms with Crippen LogP contribution >= 0.6 is 0 Å². The van der Waals surface area contributed by atoms with E-state index < -0.39 is 12.1 Å². The van der Waals surface area contributed by atoms with E-state index in [1.807, 2.05) is 6.92 Å². The number of amides is 2. The van der Waals surface area contributed by atoms with Crippen LogP contribution in [-0.2, 0) is 9.59 Å². The Kier molecular flexibility index (Phi) is 3.43. The molecule has 1 saturated carbocycles. The van der Waals surface area contributed by atoms with Crippen LogP contribution < -0.4 is 10.2 Å². The van der Waals surface area contributed by atoms with Gasteiger partial charge in [0.05, 0.1) is 0 Å². The monoisotopic (exact) mass is 290 g/mol. The number of halogens is 1. The molecule has 5 heteroatoms. The molecule has 1 aliphatic heterocycles. The van der Waals surface area contributed by atoms with Gasteiger partial charge >= 0.3 is 0 Å². The maximum atomic E-state index is 13.8. The third-order valence-electron chi connectivity index (χ3n) is 4.33. The summed E-state index contributed by atoms with van der Waals surface area (Å²) in [4.78, 5) is 26.4. The van der Waals surface area contributed by atoms with E-state index >= 15 is 0 Å². The van der Waals surface area contributed by atoms with E-state index in [0.29, 0.717) is 17.7 Å². The van der Waals surface area contributed by atoms with Gasteiger partial charge < -0.3 is 5.32 Å². The lowest BCUT2D eigenvalue weighted by Gasteiger charge is -2.38. The minimum absolute atomic E-state index is 0.118. The van der Waals surface area contributed by atoms with Crippen molar-refractivity contribution < 1.29 is 14.0 Å². The fourth-order valence-electron chi connectivity index (χ4n) is 2.89. The molecule has 1 aliphatic carbocycles. The van der Waals surface area contributed by atoms with E-state index in [1.165, 1.54) is 11.0 Å². The summed E-state index contributed by atoms with van der Waals surface area (Å²) in [6.07, 6.45) is 2.43. The van der Waals surface area contributed by atoms with Gasteiger partial charge in [-0.2, -0.15) is 0 Å². The molecule has 1 aromatic carbocycles. The van der Waals surface area contributed by atoms with Gasteiger partial charge in [0.25, 0.3) is 5.91 Å². The molecule has 2 fully saturated rings. The van der Waals surface area contributed by atoms with Crippen molar-refractivity contribution >= 4 is 17.5 Å². The zero-order chi connectivity index (χ0) is 15.1. The molecule has 2 atom stereocenters. The zero-order valence-electron chi connectivity index (χ0n) is 12.2. The van der Waals surface area contributed by atoms with Crippen molar-refractivity contribution in [2.24, 2.45) is 5.92 Å². The quantitative estimate of drug-likeness (QED) is 0.927. The molecule has 1 heterocycles. The first-order chi connectivity index (χ1) is 10.0. The van der Waals surface area contributed by atoms with E-state index in [2.05, 4.69) is 5.32 Å². The zero-order valence-corrected chi connectivity index (χ0v) is 12.2. The summed E-state index contributed by atoms with van der Waals surface area (Å²) < 4.78 is 13.8. The van der Waals surface area contributed by atoms with Crippen LogP contribution in [0.1, 0.15) is 31.7 Å². The Balaban J connectivity index is 1.99. The maximum absolute atomic E-state index is 13.8. The van der Waals surface area contributed by atoms with Crippen molar-refractivity contribution in [2.75, 3.05) is 4.90 Å². The van der Waals surface area contributed by atoms with Crippen molar-refractivity contribution in [1.82, 2.24) is 5.32 Å². The van der Waals surface area contributed by atoms with Crippen LogP contribution in [0.25, 0.3) is 0 Å². The van der Waals surface area contributed by atoms with Gasteiger partial charge in [0.1, 0.15) is 17.9 Å². The van der Waals surface area contributed by atoms with E-state index in [9.17, 15) is 14.0 Å². The number of piperazine rings is 1. The van der Waals surface area contributed by atoms with Gasteiger partial charge in [-0.1, -0.05) is 13.0 Å². The Labute approximate surface area is 123 Å². The minimum Gasteiger partial charge on any atom is -0.342 e. The largest absolute Gasteiger partial charge is 0.342 e. The summed E-state index contributed by atoms with van der Waals surface area (Å²) in [7, 11) is 0. The van der Waals surface area contributed by atoms with Crippen molar-refractivity contribution in [3.63, 3.8) is 0 Å². The van der Waals surface area contributed by atoms with Crippen molar-refractivity contribution in [3.8, 4) is 0 Å². The SMILES string of the molecule is CCC1C(=O)NC(C2CC2)C(=O)N1c1ccc(C)c(F)c1. The highest BCUT2D eigenvalue weighted by atomic mass is 19.1. The molecule has 0 aromatic heterocycles. The van der Waals surface area contributed by atoms with E-state index in [1.54, 1.807) is 19.1 Å². The Bertz CT molecular complexity index is 598. The number of benzene rings is 1. The highest BCUT2D eigenvalue weighted by Gasteiger charge is 2.46. The van der Waals surface area contributed by atoms with Gasteiger partial charge in [0.2, 0.25) is 5.91 Å². The number of aryl methyl sites for hydroxylation is 1. The Morgan fingerprint density at radius 1 is 1.33 bits per heavy atom. The molecule has 3 rings (SSSR count). The first-order valence-corrected chi connectivity index (χ1v) is 7.42. The van der Waals surface area contributed by atoms with E-state index in [4.69, 9.17) is 0 Å². The van der Waals surface area contributed by atoms with Gasteiger partial charge in [-0.15, -0.1) is 0 Å². The van der Waals surface area contributed by atoms with Crippen LogP contribution in [0.2, 0.25) is 0 Å². The van der Waals surface area contributed by atoms with Crippen LogP contribution in [0.15, 0.2) is 18.2 Å². The number of rotatable bonds is 3. The molecule has 21 heavy (non-hydrogen) atoms. The van der Waals surface area contributed by atoms with Crippen LogP contribution in [0.3, 0.4) is 0 Å². The van der Waals surface area contributed by atoms with E-state index in [-0.39, 0.29) is 23.5 Å². The van der Waals surface area contributed by atoms with Crippen molar-refractivity contribution in [3.05, 3.63) is 29.6 Å². The first-order valence-electron chi connectivity index (χ1n) is 7.42. The summed E-state index contributed by atoms with van der Waals surface area (Å²) in [6.45, 7) is 3.53. The first kappa shape index (κ1) is 14.0. The summed E-state index contributed by atoms with van der Waals surface area (Å²) in [6, 6.07) is 3.68. The predicted octanol–water partition coefficient (Wildman–Crippen LogP) is 2.15. The van der Waals surface area contributed by atoms with E-state index in [0.717, 1.165) is 12.8 Å². The Morgan fingerprint density at radius 3 is 2.62 bits per heavy atom. The van der Waals surface area contributed by atoms with Crippen LogP contribution in [0.5, 0.6) is 0 Å². The summed E-state index contributed by atoms with van der Waals surface area (Å²) in [5, 5.41) is 2.83. The number of hydrogen-bond donors (Lipinski definition) is 1. The molecular formula is C16H19FN2O2. The average Bonchev–Trinajstić information content (AvgIpc) is 3.28. The molecule has 1 saturated heterocycles. The molecular weight excluding hydrogens is 271 g/mol. The van der Waals surface area contributed by atoms with Gasteiger partial charge in [-0.25, -0.2) is 4.39 Å². The van der Waals surface area contributed by atoms with Gasteiger partial charge in [-0.3, -0.25) is 14.5 Å². The van der Waals surface area contributed by atoms with Gasteiger partial charge in [-0.05, 0) is 49.8 Å². The number of anilines is 1. The number of carbonyl (C=O) groups is 2. The smallest absolute Gasteiger partial charge is 0.250 e. The fourth-order valence-corrected chi connectivity index (χ4v) is 2.89. The third-order valence-corrected chi connectivity index (χ3v) is 4.33. The maximum Gasteiger partial charge on any atom is 0.250 e. The lowest BCUT2D eigenvalue weighted by Crippen LogP contribution is -2.64. The molecule has 1 aromatic rings. The van der Waals surface area contributed by atoms with Crippen molar-refractivity contribution in [1.29, 1.82) is 0 Å². The van der Waals surface area contributed by atoms with Crippen LogP contribution in [0, 0.1) is 18.7 Å². The van der Waals surface area contributed by atoms with Crippen LogP contribution in [0.4, 0.5) is 10.1 Å². The van der Waals surface area contributed by atoms with Crippen LogP contribution in [-0.4, -0.2) is 23.9 Å². The molecule has 0 bridgehead atoms. The summed E-state index contributed by atoms with van der Waals surface area (Å²) in [5.41, 5.74) is 0.995. The second kappa shape index (κ2) is 5.13. The average molecular weight is 290 g/mol. The molecule has 2 unspecified atom stereocenters. The third kappa shape index (κ3) is 2.41. The number of nitrogens with one attached hydrogen (secondary N) is 1. The molecule has 2 amide bonds. The summed E-state index contributed by atoms with van der Waals surface area (Å²) in [5.74, 6) is -0.386. The number of hydrogen-bond acceptors (Lipinski definition) is 2. The summed E-state index contributed by atoms with van der Waals surface area (Å²) >= 11 is 0. The topological polar surface area (TPSA) is 49.4 Å². The molecule has 0 radical (unpaired) electrons. The molecule has 0 spiro atoms. The predicted molar refractivity (Wildman–Crippen MR) is 77.4 cm³/mol.